The lowest BCUT2D eigenvalue weighted by molar-refractivity contribution is 0.537. The third-order valence-corrected chi connectivity index (χ3v) is 4.03. The van der Waals surface area contributed by atoms with E-state index in [-0.39, 0.29) is 11.9 Å². The predicted molar refractivity (Wildman–Crippen MR) is 93.7 cm³/mol. The molecule has 0 unspecified atom stereocenters. The van der Waals surface area contributed by atoms with Crippen LogP contribution in [0.15, 0.2) is 54.9 Å². The van der Waals surface area contributed by atoms with Crippen LogP contribution in [-0.4, -0.2) is 21.7 Å². The number of thiocarbonyl (C=S) groups is 1. The molecule has 0 bridgehead atoms. The van der Waals surface area contributed by atoms with Crippen LogP contribution in [0.1, 0.15) is 11.6 Å². The molecule has 3 rings (SSSR count). The lowest BCUT2D eigenvalue weighted by Gasteiger charge is -2.21. The Bertz CT molecular complexity index is 813. The lowest BCUT2D eigenvalue weighted by Crippen LogP contribution is -2.37. The fourth-order valence-electron chi connectivity index (χ4n) is 2.51. The average molecular weight is 328 g/mol. The summed E-state index contributed by atoms with van der Waals surface area (Å²) in [5, 5.41) is 6.71. The molecule has 1 aromatic heterocycles. The maximum atomic E-state index is 13.2. The Labute approximate surface area is 139 Å². The number of hydrogen-bond donors (Lipinski definition) is 2. The number of benzene rings is 2. The molecule has 4 nitrogen and oxygen atoms in total. The molecule has 23 heavy (non-hydrogen) atoms. The van der Waals surface area contributed by atoms with Crippen molar-refractivity contribution in [3.05, 3.63) is 66.2 Å². The maximum absolute atomic E-state index is 13.2. The van der Waals surface area contributed by atoms with E-state index in [0.29, 0.717) is 11.7 Å². The van der Waals surface area contributed by atoms with Gasteiger partial charge in [0.05, 0.1) is 23.4 Å². The average Bonchev–Trinajstić information content (AvgIpc) is 2.98. The van der Waals surface area contributed by atoms with Crippen LogP contribution in [0.4, 0.5) is 4.39 Å². The first kappa shape index (κ1) is 15.4. The molecule has 0 radical (unpaired) electrons. The van der Waals surface area contributed by atoms with E-state index in [0.717, 1.165) is 16.6 Å². The van der Waals surface area contributed by atoms with E-state index < -0.39 is 0 Å². The largest absolute Gasteiger partial charge is 0.366 e. The molecule has 1 heterocycles. The van der Waals surface area contributed by atoms with Gasteiger partial charge in [0.15, 0.2) is 5.11 Å². The molecule has 2 N–H and O–H groups in total. The summed E-state index contributed by atoms with van der Waals surface area (Å²) in [4.78, 5) is 4.41. The first-order valence-electron chi connectivity index (χ1n) is 7.31. The smallest absolute Gasteiger partial charge is 0.166 e. The van der Waals surface area contributed by atoms with Crippen molar-refractivity contribution in [2.75, 3.05) is 7.05 Å². The summed E-state index contributed by atoms with van der Waals surface area (Å²) in [6, 6.07) is 14.3. The number of hydrogen-bond acceptors (Lipinski definition) is 2. The minimum absolute atomic E-state index is 0.0897. The number of fused-ring (bicyclic) bond motifs is 1. The van der Waals surface area contributed by atoms with E-state index in [1.54, 1.807) is 19.2 Å². The van der Waals surface area contributed by atoms with Crippen molar-refractivity contribution in [1.29, 1.82) is 0 Å². The Kier molecular flexibility index (Phi) is 4.52. The molecule has 6 heteroatoms. The van der Waals surface area contributed by atoms with E-state index in [1.807, 2.05) is 30.6 Å². The van der Waals surface area contributed by atoms with Gasteiger partial charge < -0.3 is 15.2 Å². The van der Waals surface area contributed by atoms with Gasteiger partial charge in [-0.25, -0.2) is 9.37 Å². The van der Waals surface area contributed by atoms with Crippen molar-refractivity contribution in [2.45, 2.75) is 12.6 Å². The van der Waals surface area contributed by atoms with Gasteiger partial charge in [0.1, 0.15) is 5.82 Å². The van der Waals surface area contributed by atoms with E-state index in [9.17, 15) is 4.39 Å². The van der Waals surface area contributed by atoms with Crippen molar-refractivity contribution in [3.8, 4) is 0 Å². The Hall–Kier alpha value is -2.47. The standard InChI is InChI=1S/C17H17FN4S/c1-19-17(23)21-15(12-6-8-13(18)9-7-12)10-22-11-20-14-4-2-3-5-16(14)22/h2-9,11,15H,10H2,1H3,(H2,19,21,23)/t15-/m1/s1. The second-order valence-corrected chi connectivity index (χ2v) is 5.62. The quantitative estimate of drug-likeness (QED) is 0.723. The van der Waals surface area contributed by atoms with Crippen LogP contribution in [0.5, 0.6) is 0 Å². The van der Waals surface area contributed by atoms with Gasteiger partial charge in [-0.05, 0) is 42.0 Å². The second-order valence-electron chi connectivity index (χ2n) is 5.21. The molecular formula is C17H17FN4S. The fraction of sp³-hybridized carbons (Fsp3) is 0.176. The van der Waals surface area contributed by atoms with Gasteiger partial charge in [-0.15, -0.1) is 0 Å². The number of rotatable bonds is 4. The molecule has 0 saturated carbocycles. The first-order chi connectivity index (χ1) is 11.2. The molecule has 3 aromatic rings. The summed E-state index contributed by atoms with van der Waals surface area (Å²) in [7, 11) is 1.77. The number of nitrogens with zero attached hydrogens (tertiary/aromatic N) is 2. The Morgan fingerprint density at radius 1 is 1.22 bits per heavy atom. The van der Waals surface area contributed by atoms with E-state index in [4.69, 9.17) is 12.2 Å². The SMILES string of the molecule is CNC(=S)N[C@H](Cn1cnc2ccccc21)c1ccc(F)cc1. The van der Waals surface area contributed by atoms with Crippen molar-refractivity contribution in [1.82, 2.24) is 20.2 Å². The molecule has 2 aromatic carbocycles. The van der Waals surface area contributed by atoms with Crippen LogP contribution in [0, 0.1) is 5.82 Å². The maximum Gasteiger partial charge on any atom is 0.166 e. The summed E-state index contributed by atoms with van der Waals surface area (Å²) in [5.41, 5.74) is 2.96. The van der Waals surface area contributed by atoms with Crippen molar-refractivity contribution in [3.63, 3.8) is 0 Å². The van der Waals surface area contributed by atoms with Gasteiger partial charge in [-0.2, -0.15) is 0 Å². The minimum Gasteiger partial charge on any atom is -0.366 e. The highest BCUT2D eigenvalue weighted by Crippen LogP contribution is 2.19. The number of aromatic nitrogens is 2. The Morgan fingerprint density at radius 3 is 2.70 bits per heavy atom. The van der Waals surface area contributed by atoms with E-state index >= 15 is 0 Å². The van der Waals surface area contributed by atoms with Crippen LogP contribution in [0.3, 0.4) is 0 Å². The first-order valence-corrected chi connectivity index (χ1v) is 7.72. The molecule has 0 aliphatic heterocycles. The molecule has 0 amide bonds. The monoisotopic (exact) mass is 328 g/mol. The molecule has 0 aliphatic carbocycles. The Morgan fingerprint density at radius 2 is 1.96 bits per heavy atom. The molecule has 0 saturated heterocycles. The predicted octanol–water partition coefficient (Wildman–Crippen LogP) is 3.01. The zero-order valence-corrected chi connectivity index (χ0v) is 13.5. The zero-order valence-electron chi connectivity index (χ0n) is 12.7. The molecule has 0 aliphatic rings. The number of imidazole rings is 1. The highest BCUT2D eigenvalue weighted by molar-refractivity contribution is 7.80. The van der Waals surface area contributed by atoms with Gasteiger partial charge in [0.2, 0.25) is 0 Å². The molecule has 118 valence electrons. The third-order valence-electron chi connectivity index (χ3n) is 3.71. The molecule has 0 fully saturated rings. The van der Waals surface area contributed by atoms with Crippen LogP contribution >= 0.6 is 12.2 Å². The van der Waals surface area contributed by atoms with E-state index in [1.165, 1.54) is 12.1 Å². The lowest BCUT2D eigenvalue weighted by atomic mass is 10.1. The summed E-state index contributed by atoms with van der Waals surface area (Å²) in [5.74, 6) is -0.253. The van der Waals surface area contributed by atoms with Gasteiger partial charge in [-0.1, -0.05) is 24.3 Å². The van der Waals surface area contributed by atoms with Crippen LogP contribution in [0.25, 0.3) is 11.0 Å². The van der Waals surface area contributed by atoms with Crippen LogP contribution in [0.2, 0.25) is 0 Å². The highest BCUT2D eigenvalue weighted by Gasteiger charge is 2.15. The normalized spacial score (nSPS) is 12.1. The number of para-hydroxylation sites is 2. The summed E-state index contributed by atoms with van der Waals surface area (Å²) < 4.78 is 15.3. The fourth-order valence-corrected chi connectivity index (χ4v) is 2.65. The van der Waals surface area contributed by atoms with Gasteiger partial charge in [-0.3, -0.25) is 0 Å². The number of nitrogens with one attached hydrogen (secondary N) is 2. The summed E-state index contributed by atoms with van der Waals surface area (Å²) >= 11 is 5.23. The highest BCUT2D eigenvalue weighted by atomic mass is 32.1. The van der Waals surface area contributed by atoms with Crippen molar-refractivity contribution >= 4 is 28.4 Å². The Balaban J connectivity index is 1.91. The third kappa shape index (κ3) is 3.48. The molecular weight excluding hydrogens is 311 g/mol. The van der Waals surface area contributed by atoms with Gasteiger partial charge >= 0.3 is 0 Å². The van der Waals surface area contributed by atoms with Crippen molar-refractivity contribution < 1.29 is 4.39 Å². The van der Waals surface area contributed by atoms with E-state index in [2.05, 4.69) is 20.2 Å². The summed E-state index contributed by atoms with van der Waals surface area (Å²) in [6.07, 6.45) is 1.81. The van der Waals surface area contributed by atoms with Gasteiger partial charge in [0.25, 0.3) is 0 Å². The minimum atomic E-state index is -0.253. The van der Waals surface area contributed by atoms with Crippen LogP contribution in [-0.2, 0) is 6.54 Å². The van der Waals surface area contributed by atoms with Crippen LogP contribution < -0.4 is 10.6 Å². The number of halogens is 1. The summed E-state index contributed by atoms with van der Waals surface area (Å²) in [6.45, 7) is 0.633. The van der Waals surface area contributed by atoms with Gasteiger partial charge in [0, 0.05) is 13.6 Å². The zero-order chi connectivity index (χ0) is 16.2. The molecule has 1 atom stereocenters. The second kappa shape index (κ2) is 6.75. The topological polar surface area (TPSA) is 41.9 Å². The van der Waals surface area contributed by atoms with Crippen molar-refractivity contribution in [2.24, 2.45) is 0 Å². The molecule has 0 spiro atoms.